The van der Waals surface area contributed by atoms with Crippen LogP contribution in [-0.4, -0.2) is 37.1 Å². The zero-order chi connectivity index (χ0) is 19.0. The molecule has 0 saturated carbocycles. The lowest BCUT2D eigenvalue weighted by molar-refractivity contribution is 0.112. The van der Waals surface area contributed by atoms with Gasteiger partial charge in [0.05, 0.1) is 15.5 Å². The number of aromatic amines is 1. The van der Waals surface area contributed by atoms with Crippen LogP contribution in [0.1, 0.15) is 41.4 Å². The van der Waals surface area contributed by atoms with Gasteiger partial charge in [0.15, 0.2) is 6.29 Å². The van der Waals surface area contributed by atoms with Gasteiger partial charge in [-0.1, -0.05) is 13.3 Å². The molecule has 3 aromatic rings. The van der Waals surface area contributed by atoms with Gasteiger partial charge in [-0.25, -0.2) is 8.42 Å². The molecule has 4 rings (SSSR count). The molecule has 0 radical (unpaired) electrons. The van der Waals surface area contributed by atoms with Gasteiger partial charge in [-0.15, -0.1) is 11.3 Å². The lowest BCUT2D eigenvalue weighted by atomic mass is 10.1. The fourth-order valence-electron chi connectivity index (χ4n) is 3.63. The van der Waals surface area contributed by atoms with Crippen LogP contribution in [0.2, 0.25) is 0 Å². The Morgan fingerprint density at radius 3 is 2.59 bits per heavy atom. The predicted octanol–water partition coefficient (Wildman–Crippen LogP) is 4.45. The number of carbonyl (C=O) groups is 1. The van der Waals surface area contributed by atoms with Crippen LogP contribution in [-0.2, 0) is 16.4 Å². The van der Waals surface area contributed by atoms with E-state index in [1.165, 1.54) is 4.88 Å². The molecular formula is C20H22N2O3S2. The van der Waals surface area contributed by atoms with Crippen LogP contribution in [0.25, 0.3) is 21.5 Å². The predicted molar refractivity (Wildman–Crippen MR) is 109 cm³/mol. The smallest absolute Gasteiger partial charge is 0.243 e. The molecule has 5 nitrogen and oxygen atoms in total. The highest BCUT2D eigenvalue weighted by Gasteiger charge is 2.27. The van der Waals surface area contributed by atoms with Gasteiger partial charge in [0.1, 0.15) is 0 Å². The van der Waals surface area contributed by atoms with Crippen molar-refractivity contribution in [1.29, 1.82) is 0 Å². The molecule has 0 atom stereocenters. The van der Waals surface area contributed by atoms with Crippen LogP contribution in [0.15, 0.2) is 35.2 Å². The molecule has 0 unspecified atom stereocenters. The Hall–Kier alpha value is -1.96. The molecule has 1 aliphatic rings. The summed E-state index contributed by atoms with van der Waals surface area (Å²) in [5.41, 5.74) is 2.05. The normalized spacial score (nSPS) is 16.0. The summed E-state index contributed by atoms with van der Waals surface area (Å²) < 4.78 is 27.5. The highest BCUT2D eigenvalue weighted by atomic mass is 32.2. The second-order valence-electron chi connectivity index (χ2n) is 6.82. The van der Waals surface area contributed by atoms with E-state index in [-0.39, 0.29) is 4.90 Å². The van der Waals surface area contributed by atoms with Crippen molar-refractivity contribution in [3.8, 4) is 10.6 Å². The minimum atomic E-state index is -3.53. The Kier molecular flexibility index (Phi) is 4.92. The molecule has 2 aromatic heterocycles. The zero-order valence-corrected chi connectivity index (χ0v) is 16.8. The minimum absolute atomic E-state index is 0.256. The summed E-state index contributed by atoms with van der Waals surface area (Å²) in [5.74, 6) is 0. The fourth-order valence-corrected chi connectivity index (χ4v) is 6.13. The van der Waals surface area contributed by atoms with Gasteiger partial charge in [-0.3, -0.25) is 4.79 Å². The number of fused-ring (bicyclic) bond motifs is 1. The summed E-state index contributed by atoms with van der Waals surface area (Å²) in [6.07, 6.45) is 4.62. The Bertz CT molecular complexity index is 1090. The van der Waals surface area contributed by atoms with Crippen molar-refractivity contribution in [3.63, 3.8) is 0 Å². The van der Waals surface area contributed by atoms with Gasteiger partial charge in [-0.2, -0.15) is 4.31 Å². The highest BCUT2D eigenvalue weighted by Crippen LogP contribution is 2.35. The molecule has 1 saturated heterocycles. The maximum absolute atomic E-state index is 13.0. The number of aromatic nitrogens is 1. The number of hydrogen-bond acceptors (Lipinski definition) is 4. The topological polar surface area (TPSA) is 70.2 Å². The third kappa shape index (κ3) is 3.24. The molecule has 0 amide bonds. The van der Waals surface area contributed by atoms with E-state index in [0.717, 1.165) is 48.1 Å². The van der Waals surface area contributed by atoms with E-state index in [1.807, 2.05) is 6.07 Å². The van der Waals surface area contributed by atoms with Gasteiger partial charge in [-0.05, 0) is 49.6 Å². The number of thiophene rings is 1. The second kappa shape index (κ2) is 7.22. The molecule has 1 aromatic carbocycles. The summed E-state index contributed by atoms with van der Waals surface area (Å²) >= 11 is 1.65. The number of aldehydes is 1. The van der Waals surface area contributed by atoms with Gasteiger partial charge in [0.2, 0.25) is 10.0 Å². The van der Waals surface area contributed by atoms with Crippen LogP contribution in [0.5, 0.6) is 0 Å². The summed E-state index contributed by atoms with van der Waals surface area (Å²) in [4.78, 5) is 17.6. The first-order valence-electron chi connectivity index (χ1n) is 9.24. The summed E-state index contributed by atoms with van der Waals surface area (Å²) in [6, 6.07) is 9.10. The molecule has 1 fully saturated rings. The zero-order valence-electron chi connectivity index (χ0n) is 15.2. The molecule has 1 N–H and O–H groups in total. The largest absolute Gasteiger partial charge is 0.353 e. The van der Waals surface area contributed by atoms with Gasteiger partial charge >= 0.3 is 0 Å². The first-order valence-corrected chi connectivity index (χ1v) is 11.5. The Morgan fingerprint density at radius 2 is 1.93 bits per heavy atom. The van der Waals surface area contributed by atoms with E-state index < -0.39 is 10.0 Å². The van der Waals surface area contributed by atoms with Gasteiger partial charge in [0.25, 0.3) is 0 Å². The Balaban J connectivity index is 1.81. The Labute approximate surface area is 163 Å². The van der Waals surface area contributed by atoms with Crippen molar-refractivity contribution in [2.75, 3.05) is 13.1 Å². The molecule has 3 heterocycles. The van der Waals surface area contributed by atoms with Crippen molar-refractivity contribution >= 4 is 38.5 Å². The molecule has 0 spiro atoms. The van der Waals surface area contributed by atoms with Crippen molar-refractivity contribution in [2.45, 2.75) is 37.5 Å². The summed E-state index contributed by atoms with van der Waals surface area (Å²) in [5, 5.41) is 0.657. The molecule has 0 aliphatic carbocycles. The van der Waals surface area contributed by atoms with Crippen LogP contribution >= 0.6 is 11.3 Å². The Morgan fingerprint density at radius 1 is 1.15 bits per heavy atom. The molecule has 0 bridgehead atoms. The number of nitrogens with one attached hydrogen (secondary N) is 1. The van der Waals surface area contributed by atoms with Gasteiger partial charge < -0.3 is 4.98 Å². The number of H-pyrrole nitrogens is 1. The average molecular weight is 403 g/mol. The number of aryl methyl sites for hydroxylation is 1. The number of benzene rings is 1. The minimum Gasteiger partial charge on any atom is -0.353 e. The average Bonchev–Trinajstić information content (AvgIpc) is 3.32. The highest BCUT2D eigenvalue weighted by molar-refractivity contribution is 7.89. The van der Waals surface area contributed by atoms with Gasteiger partial charge in [0, 0.05) is 34.4 Å². The number of nitrogens with zero attached hydrogens (tertiary/aromatic N) is 1. The van der Waals surface area contributed by atoms with E-state index in [1.54, 1.807) is 33.8 Å². The third-order valence-corrected chi connectivity index (χ3v) is 8.28. The van der Waals surface area contributed by atoms with Crippen molar-refractivity contribution in [1.82, 2.24) is 9.29 Å². The van der Waals surface area contributed by atoms with Crippen LogP contribution in [0.4, 0.5) is 0 Å². The molecule has 27 heavy (non-hydrogen) atoms. The lowest BCUT2D eigenvalue weighted by Crippen LogP contribution is -2.35. The standard InChI is InChI=1S/C20H22N2O3S2/c1-2-14-6-9-19(26-14)20-17(13-23)16-12-15(7-8-18(16)21-20)27(24,25)22-10-4-3-5-11-22/h6-9,12-13,21H,2-5,10-11H2,1H3. The second-order valence-corrected chi connectivity index (χ2v) is 9.93. The first-order chi connectivity index (χ1) is 13.0. The third-order valence-electron chi connectivity index (χ3n) is 5.14. The van der Waals surface area contributed by atoms with E-state index >= 15 is 0 Å². The maximum atomic E-state index is 13.0. The quantitative estimate of drug-likeness (QED) is 0.641. The lowest BCUT2D eigenvalue weighted by Gasteiger charge is -2.25. The van der Waals surface area contributed by atoms with Crippen molar-refractivity contribution in [2.24, 2.45) is 0 Å². The first kappa shape index (κ1) is 18.4. The van der Waals surface area contributed by atoms with E-state index in [9.17, 15) is 13.2 Å². The van der Waals surface area contributed by atoms with E-state index in [2.05, 4.69) is 18.0 Å². The number of carbonyl (C=O) groups excluding carboxylic acids is 1. The number of sulfonamides is 1. The molecular weight excluding hydrogens is 380 g/mol. The molecule has 1 aliphatic heterocycles. The van der Waals surface area contributed by atoms with E-state index in [4.69, 9.17) is 0 Å². The summed E-state index contributed by atoms with van der Waals surface area (Å²) in [6.45, 7) is 3.22. The van der Waals surface area contributed by atoms with Crippen LogP contribution in [0.3, 0.4) is 0 Å². The van der Waals surface area contributed by atoms with Crippen molar-refractivity contribution in [3.05, 3.63) is 40.8 Å². The fraction of sp³-hybridized carbons (Fsp3) is 0.350. The maximum Gasteiger partial charge on any atom is 0.243 e. The number of hydrogen-bond donors (Lipinski definition) is 1. The molecule has 7 heteroatoms. The number of piperidine rings is 1. The monoisotopic (exact) mass is 402 g/mol. The summed E-state index contributed by atoms with van der Waals surface area (Å²) in [7, 11) is -3.53. The molecule has 142 valence electrons. The van der Waals surface area contributed by atoms with Crippen LogP contribution in [0, 0.1) is 0 Å². The van der Waals surface area contributed by atoms with Crippen LogP contribution < -0.4 is 0 Å². The van der Waals surface area contributed by atoms with E-state index in [0.29, 0.717) is 24.0 Å². The SMILES string of the molecule is CCc1ccc(-c2[nH]c3ccc(S(=O)(=O)N4CCCCC4)cc3c2C=O)s1. The number of rotatable bonds is 5. The van der Waals surface area contributed by atoms with Crippen molar-refractivity contribution < 1.29 is 13.2 Å².